The fourth-order valence-electron chi connectivity index (χ4n) is 2.22. The van der Waals surface area contributed by atoms with Crippen molar-refractivity contribution in [2.75, 3.05) is 0 Å². The molecule has 0 atom stereocenters. The highest BCUT2D eigenvalue weighted by Crippen LogP contribution is 2.39. The molecule has 0 saturated heterocycles. The van der Waals surface area contributed by atoms with E-state index in [0.29, 0.717) is 16.7 Å². The highest BCUT2D eigenvalue weighted by molar-refractivity contribution is 6.32. The van der Waals surface area contributed by atoms with E-state index >= 15 is 0 Å². The first kappa shape index (κ1) is 16.2. The standard InChI is InChI=1S/C18H20Cl2O/c1-12-8-9-14(18(2,3)4)16(10-12)21-17-13(11-19)6-5-7-15(17)20/h5-10H,11H2,1-4H3. The van der Waals surface area contributed by atoms with Crippen molar-refractivity contribution in [2.45, 2.75) is 39.0 Å². The van der Waals surface area contributed by atoms with Crippen LogP contribution in [-0.2, 0) is 11.3 Å². The van der Waals surface area contributed by atoms with E-state index in [1.165, 1.54) is 0 Å². The van der Waals surface area contributed by atoms with Gasteiger partial charge >= 0.3 is 0 Å². The first-order valence-corrected chi connectivity index (χ1v) is 7.86. The van der Waals surface area contributed by atoms with E-state index in [4.69, 9.17) is 27.9 Å². The third kappa shape index (κ3) is 3.72. The van der Waals surface area contributed by atoms with Crippen molar-refractivity contribution in [3.8, 4) is 11.5 Å². The van der Waals surface area contributed by atoms with E-state index < -0.39 is 0 Å². The lowest BCUT2D eigenvalue weighted by Crippen LogP contribution is -2.12. The highest BCUT2D eigenvalue weighted by Gasteiger charge is 2.20. The Hall–Kier alpha value is -1.18. The van der Waals surface area contributed by atoms with Crippen LogP contribution < -0.4 is 4.74 Å². The minimum Gasteiger partial charge on any atom is -0.455 e. The van der Waals surface area contributed by atoms with Gasteiger partial charge in [-0.05, 0) is 30.0 Å². The summed E-state index contributed by atoms with van der Waals surface area (Å²) in [5.41, 5.74) is 3.18. The van der Waals surface area contributed by atoms with Crippen LogP contribution in [0.4, 0.5) is 0 Å². The molecule has 2 rings (SSSR count). The average Bonchev–Trinajstić information content (AvgIpc) is 2.39. The number of hydrogen-bond donors (Lipinski definition) is 0. The van der Waals surface area contributed by atoms with E-state index in [-0.39, 0.29) is 5.41 Å². The van der Waals surface area contributed by atoms with E-state index in [9.17, 15) is 0 Å². The van der Waals surface area contributed by atoms with Crippen LogP contribution in [0.1, 0.15) is 37.5 Å². The highest BCUT2D eigenvalue weighted by atomic mass is 35.5. The van der Waals surface area contributed by atoms with Gasteiger partial charge in [-0.3, -0.25) is 0 Å². The topological polar surface area (TPSA) is 9.23 Å². The van der Waals surface area contributed by atoms with Crippen molar-refractivity contribution < 1.29 is 4.74 Å². The lowest BCUT2D eigenvalue weighted by Gasteiger charge is -2.24. The zero-order chi connectivity index (χ0) is 15.6. The number of hydrogen-bond acceptors (Lipinski definition) is 1. The zero-order valence-electron chi connectivity index (χ0n) is 12.8. The molecule has 0 saturated carbocycles. The number of rotatable bonds is 3. The predicted octanol–water partition coefficient (Wildman–Crippen LogP) is 6.48. The fourth-order valence-corrected chi connectivity index (χ4v) is 2.66. The maximum Gasteiger partial charge on any atom is 0.150 e. The summed E-state index contributed by atoms with van der Waals surface area (Å²) in [5, 5.41) is 0.578. The summed E-state index contributed by atoms with van der Waals surface area (Å²) >= 11 is 12.3. The Labute approximate surface area is 136 Å². The van der Waals surface area contributed by atoms with Crippen molar-refractivity contribution in [3.63, 3.8) is 0 Å². The molecule has 1 nitrogen and oxygen atoms in total. The average molecular weight is 323 g/mol. The van der Waals surface area contributed by atoms with Gasteiger partial charge in [-0.1, -0.05) is 56.6 Å². The van der Waals surface area contributed by atoms with Crippen LogP contribution >= 0.6 is 23.2 Å². The maximum atomic E-state index is 6.28. The second-order valence-corrected chi connectivity index (χ2v) is 6.89. The maximum absolute atomic E-state index is 6.28. The zero-order valence-corrected chi connectivity index (χ0v) is 14.3. The smallest absolute Gasteiger partial charge is 0.150 e. The number of ether oxygens (including phenoxy) is 1. The summed E-state index contributed by atoms with van der Waals surface area (Å²) in [6, 6.07) is 11.9. The molecule has 0 aliphatic heterocycles. The minimum atomic E-state index is -0.00851. The van der Waals surface area contributed by atoms with E-state index in [1.54, 1.807) is 0 Å². The number of para-hydroxylation sites is 1. The molecule has 0 N–H and O–H groups in total. The molecule has 3 heteroatoms. The van der Waals surface area contributed by atoms with Gasteiger partial charge in [-0.2, -0.15) is 0 Å². The van der Waals surface area contributed by atoms with Crippen molar-refractivity contribution in [3.05, 3.63) is 58.1 Å². The van der Waals surface area contributed by atoms with E-state index in [0.717, 1.165) is 22.4 Å². The summed E-state index contributed by atoms with van der Waals surface area (Å²) in [6.07, 6.45) is 0. The van der Waals surface area contributed by atoms with Crippen LogP contribution in [0.5, 0.6) is 11.5 Å². The van der Waals surface area contributed by atoms with Crippen molar-refractivity contribution in [1.29, 1.82) is 0 Å². The third-order valence-electron chi connectivity index (χ3n) is 3.35. The molecule has 2 aromatic rings. The molecule has 0 radical (unpaired) electrons. The quantitative estimate of drug-likeness (QED) is 0.588. The van der Waals surface area contributed by atoms with Gasteiger partial charge in [0.1, 0.15) is 11.5 Å². The lowest BCUT2D eigenvalue weighted by molar-refractivity contribution is 0.452. The monoisotopic (exact) mass is 322 g/mol. The second kappa shape index (κ2) is 6.29. The summed E-state index contributed by atoms with van der Waals surface area (Å²) in [6.45, 7) is 8.55. The number of alkyl halides is 1. The minimum absolute atomic E-state index is 0.00851. The summed E-state index contributed by atoms with van der Waals surface area (Å²) in [4.78, 5) is 0. The van der Waals surface area contributed by atoms with Crippen LogP contribution in [0.25, 0.3) is 0 Å². The van der Waals surface area contributed by atoms with Crippen LogP contribution in [0.3, 0.4) is 0 Å². The summed E-state index contributed by atoms with van der Waals surface area (Å²) in [5.74, 6) is 1.85. The molecule has 0 heterocycles. The van der Waals surface area contributed by atoms with Gasteiger partial charge in [0.25, 0.3) is 0 Å². The fraction of sp³-hybridized carbons (Fsp3) is 0.333. The number of halogens is 2. The van der Waals surface area contributed by atoms with Gasteiger partial charge in [0.15, 0.2) is 0 Å². The van der Waals surface area contributed by atoms with Crippen molar-refractivity contribution >= 4 is 23.2 Å². The Morgan fingerprint density at radius 1 is 1.10 bits per heavy atom. The number of benzene rings is 2. The van der Waals surface area contributed by atoms with Gasteiger partial charge < -0.3 is 4.74 Å². The molecule has 0 fully saturated rings. The second-order valence-electron chi connectivity index (χ2n) is 6.21. The third-order valence-corrected chi connectivity index (χ3v) is 3.94. The van der Waals surface area contributed by atoms with Gasteiger partial charge in [-0.25, -0.2) is 0 Å². The van der Waals surface area contributed by atoms with Gasteiger partial charge in [0.2, 0.25) is 0 Å². The Kier molecular flexibility index (Phi) is 4.85. The van der Waals surface area contributed by atoms with E-state index in [1.807, 2.05) is 31.2 Å². The molecule has 0 aliphatic carbocycles. The normalized spacial score (nSPS) is 11.5. The van der Waals surface area contributed by atoms with Crippen LogP contribution in [0, 0.1) is 6.92 Å². The van der Waals surface area contributed by atoms with Crippen LogP contribution in [0.2, 0.25) is 5.02 Å². The molecule has 0 aliphatic rings. The van der Waals surface area contributed by atoms with Crippen molar-refractivity contribution in [2.24, 2.45) is 0 Å². The Morgan fingerprint density at radius 3 is 2.43 bits per heavy atom. The van der Waals surface area contributed by atoms with Gasteiger partial charge in [-0.15, -0.1) is 11.6 Å². The Balaban J connectivity index is 2.52. The first-order valence-electron chi connectivity index (χ1n) is 6.95. The lowest BCUT2D eigenvalue weighted by atomic mass is 9.86. The van der Waals surface area contributed by atoms with Crippen LogP contribution in [-0.4, -0.2) is 0 Å². The largest absolute Gasteiger partial charge is 0.455 e. The molecule has 21 heavy (non-hydrogen) atoms. The molecule has 0 aromatic heterocycles. The molecule has 0 unspecified atom stereocenters. The SMILES string of the molecule is Cc1ccc(C(C)(C)C)c(Oc2c(Cl)cccc2CCl)c1. The predicted molar refractivity (Wildman–Crippen MR) is 91.0 cm³/mol. The van der Waals surface area contributed by atoms with Gasteiger partial charge in [0.05, 0.1) is 10.9 Å². The molecule has 2 aromatic carbocycles. The molecule has 0 amide bonds. The van der Waals surface area contributed by atoms with Crippen LogP contribution in [0.15, 0.2) is 36.4 Å². The van der Waals surface area contributed by atoms with E-state index in [2.05, 4.69) is 32.9 Å². The molecule has 112 valence electrons. The molecular weight excluding hydrogens is 303 g/mol. The first-order chi connectivity index (χ1) is 9.82. The van der Waals surface area contributed by atoms with Gasteiger partial charge in [0, 0.05) is 11.1 Å². The summed E-state index contributed by atoms with van der Waals surface area (Å²) in [7, 11) is 0. The Morgan fingerprint density at radius 2 is 1.81 bits per heavy atom. The summed E-state index contributed by atoms with van der Waals surface area (Å²) < 4.78 is 6.15. The number of aryl methyl sites for hydroxylation is 1. The molecule has 0 bridgehead atoms. The molecular formula is C18H20Cl2O. The van der Waals surface area contributed by atoms with Crippen molar-refractivity contribution in [1.82, 2.24) is 0 Å². The Bertz CT molecular complexity index is 642. The molecule has 0 spiro atoms.